The first-order valence-corrected chi connectivity index (χ1v) is 6.71. The van der Waals surface area contributed by atoms with E-state index in [1.165, 1.54) is 0 Å². The Kier molecular flexibility index (Phi) is 3.05. The number of fused-ring (bicyclic) bond motifs is 1. The van der Waals surface area contributed by atoms with Gasteiger partial charge in [0.15, 0.2) is 11.6 Å². The normalized spacial score (nSPS) is 11.2. The van der Waals surface area contributed by atoms with Crippen LogP contribution in [0.2, 0.25) is 0 Å². The largest absolute Gasteiger partial charge is 0.480 e. The number of hydrogen-bond acceptors (Lipinski definition) is 3. The number of rotatable bonds is 3. The van der Waals surface area contributed by atoms with Gasteiger partial charge in [0, 0.05) is 0 Å². The number of benzene rings is 1. The summed E-state index contributed by atoms with van der Waals surface area (Å²) >= 11 is 0. The van der Waals surface area contributed by atoms with Crippen LogP contribution < -0.4 is 0 Å². The van der Waals surface area contributed by atoms with Crippen LogP contribution in [-0.4, -0.2) is 20.6 Å². The Morgan fingerprint density at radius 2 is 1.95 bits per heavy atom. The summed E-state index contributed by atoms with van der Waals surface area (Å²) in [6, 6.07) is 5.80. The molecule has 108 valence electrons. The average molecular weight is 284 g/mol. The van der Waals surface area contributed by atoms with Gasteiger partial charge in [0.25, 0.3) is 0 Å². The molecule has 0 spiro atoms. The first kappa shape index (κ1) is 13.4. The highest BCUT2D eigenvalue weighted by Crippen LogP contribution is 2.29. The lowest BCUT2D eigenvalue weighted by atomic mass is 10.1. The maximum absolute atomic E-state index is 11.2. The van der Waals surface area contributed by atoms with Crippen LogP contribution >= 0.6 is 0 Å². The molecule has 1 N–H and O–H groups in total. The Morgan fingerprint density at radius 3 is 2.57 bits per heavy atom. The fourth-order valence-electron chi connectivity index (χ4n) is 2.45. The second kappa shape index (κ2) is 4.77. The summed E-state index contributed by atoms with van der Waals surface area (Å²) in [5.41, 5.74) is 4.77. The molecule has 0 radical (unpaired) electrons. The lowest BCUT2D eigenvalue weighted by Gasteiger charge is -2.06. The highest BCUT2D eigenvalue weighted by molar-refractivity contribution is 5.83. The lowest BCUT2D eigenvalue weighted by molar-refractivity contribution is -0.137. The summed E-state index contributed by atoms with van der Waals surface area (Å²) in [7, 11) is 0. The number of hydrogen-bond donors (Lipinski definition) is 1. The van der Waals surface area contributed by atoms with Gasteiger partial charge >= 0.3 is 5.97 Å². The van der Waals surface area contributed by atoms with Crippen molar-refractivity contribution in [3.8, 4) is 11.6 Å². The van der Waals surface area contributed by atoms with E-state index < -0.39 is 5.97 Å². The summed E-state index contributed by atoms with van der Waals surface area (Å²) in [6.07, 6.45) is 1.59. The van der Waals surface area contributed by atoms with Crippen LogP contribution in [0, 0.1) is 20.8 Å². The van der Waals surface area contributed by atoms with Crippen LogP contribution in [0.3, 0.4) is 0 Å². The molecule has 1 aromatic carbocycles. The van der Waals surface area contributed by atoms with Crippen molar-refractivity contribution in [2.24, 2.45) is 0 Å². The van der Waals surface area contributed by atoms with Gasteiger partial charge in [-0.3, -0.25) is 4.79 Å². The number of carboxylic acids is 1. The smallest absolute Gasteiger partial charge is 0.323 e. The van der Waals surface area contributed by atoms with Crippen molar-refractivity contribution in [2.75, 3.05) is 0 Å². The van der Waals surface area contributed by atoms with Crippen molar-refractivity contribution in [3.05, 3.63) is 41.2 Å². The predicted molar refractivity (Wildman–Crippen MR) is 79.3 cm³/mol. The molecule has 3 aromatic rings. The molecule has 0 amide bonds. The predicted octanol–water partition coefficient (Wildman–Crippen LogP) is 3.31. The van der Waals surface area contributed by atoms with Crippen molar-refractivity contribution in [2.45, 2.75) is 27.3 Å². The minimum atomic E-state index is -0.905. The van der Waals surface area contributed by atoms with Crippen molar-refractivity contribution in [1.29, 1.82) is 0 Å². The molecule has 0 fully saturated rings. The summed E-state index contributed by atoms with van der Waals surface area (Å²) < 4.78 is 7.18. The summed E-state index contributed by atoms with van der Waals surface area (Å²) in [5.74, 6) is 0.264. The van der Waals surface area contributed by atoms with Gasteiger partial charge in [-0.05, 0) is 55.7 Å². The van der Waals surface area contributed by atoms with E-state index in [9.17, 15) is 9.90 Å². The molecule has 2 heterocycles. The molecule has 0 aliphatic rings. The van der Waals surface area contributed by atoms with Crippen molar-refractivity contribution in [1.82, 2.24) is 9.55 Å². The number of imidazole rings is 1. The molecule has 3 rings (SSSR count). The highest BCUT2D eigenvalue weighted by Gasteiger charge is 2.19. The first-order chi connectivity index (χ1) is 9.97. The fraction of sp³-hybridized carbons (Fsp3) is 0.250. The summed E-state index contributed by atoms with van der Waals surface area (Å²) in [6.45, 7) is 5.79. The lowest BCUT2D eigenvalue weighted by Crippen LogP contribution is -2.10. The number of carboxylic acid groups (broad SMARTS) is 1. The Balaban J connectivity index is 2.33. The third kappa shape index (κ3) is 2.20. The van der Waals surface area contributed by atoms with E-state index >= 15 is 0 Å². The number of aliphatic carboxylic acids is 1. The van der Waals surface area contributed by atoms with E-state index in [-0.39, 0.29) is 6.54 Å². The van der Waals surface area contributed by atoms with E-state index in [1.54, 1.807) is 10.8 Å². The molecule has 0 saturated heterocycles. The Morgan fingerprint density at radius 1 is 1.24 bits per heavy atom. The zero-order chi connectivity index (χ0) is 15.1. The number of nitrogens with zero attached hydrogens (tertiary/aromatic N) is 2. The molecule has 0 unspecified atom stereocenters. The van der Waals surface area contributed by atoms with Gasteiger partial charge in [0.05, 0.1) is 17.3 Å². The van der Waals surface area contributed by atoms with Gasteiger partial charge < -0.3 is 14.1 Å². The minimum Gasteiger partial charge on any atom is -0.480 e. The Labute approximate surface area is 121 Å². The Hall–Kier alpha value is -2.56. The van der Waals surface area contributed by atoms with Crippen LogP contribution in [-0.2, 0) is 11.3 Å². The van der Waals surface area contributed by atoms with Gasteiger partial charge in [0.1, 0.15) is 6.54 Å². The molecule has 2 aromatic heterocycles. The number of carbonyl (C=O) groups is 1. The van der Waals surface area contributed by atoms with Crippen LogP contribution in [0.5, 0.6) is 0 Å². The standard InChI is InChI=1S/C16H16N2O3/c1-9-4-5-21-15(9)16-17-12-6-10(2)11(3)7-13(12)18(16)8-14(19)20/h4-7H,8H2,1-3H3,(H,19,20). The molecule has 0 bridgehead atoms. The van der Waals surface area contributed by atoms with E-state index in [0.717, 1.165) is 27.7 Å². The number of aryl methyl sites for hydroxylation is 3. The molecule has 5 heteroatoms. The first-order valence-electron chi connectivity index (χ1n) is 6.71. The molecular formula is C16H16N2O3. The van der Waals surface area contributed by atoms with Gasteiger partial charge in [0.2, 0.25) is 0 Å². The van der Waals surface area contributed by atoms with E-state index in [4.69, 9.17) is 4.42 Å². The average Bonchev–Trinajstić information content (AvgIpc) is 2.95. The molecular weight excluding hydrogens is 268 g/mol. The van der Waals surface area contributed by atoms with Gasteiger partial charge in [-0.1, -0.05) is 0 Å². The monoisotopic (exact) mass is 284 g/mol. The molecule has 5 nitrogen and oxygen atoms in total. The number of aromatic nitrogens is 2. The van der Waals surface area contributed by atoms with Crippen molar-refractivity contribution >= 4 is 17.0 Å². The Bertz CT molecular complexity index is 843. The van der Waals surface area contributed by atoms with Gasteiger partial charge in [-0.15, -0.1) is 0 Å². The summed E-state index contributed by atoms with van der Waals surface area (Å²) in [5, 5.41) is 9.18. The highest BCUT2D eigenvalue weighted by atomic mass is 16.4. The van der Waals surface area contributed by atoms with E-state index in [1.807, 2.05) is 39.0 Å². The molecule has 0 aliphatic carbocycles. The van der Waals surface area contributed by atoms with E-state index in [2.05, 4.69) is 4.98 Å². The summed E-state index contributed by atoms with van der Waals surface area (Å²) in [4.78, 5) is 15.8. The maximum Gasteiger partial charge on any atom is 0.323 e. The zero-order valence-electron chi connectivity index (χ0n) is 12.2. The molecule has 21 heavy (non-hydrogen) atoms. The van der Waals surface area contributed by atoms with Crippen LogP contribution in [0.25, 0.3) is 22.6 Å². The third-order valence-corrected chi connectivity index (χ3v) is 3.72. The molecule has 0 saturated carbocycles. The van der Waals surface area contributed by atoms with Crippen molar-refractivity contribution < 1.29 is 14.3 Å². The van der Waals surface area contributed by atoms with Gasteiger partial charge in [-0.2, -0.15) is 0 Å². The van der Waals surface area contributed by atoms with Crippen LogP contribution in [0.4, 0.5) is 0 Å². The van der Waals surface area contributed by atoms with E-state index in [0.29, 0.717) is 11.6 Å². The second-order valence-electron chi connectivity index (χ2n) is 5.27. The molecule has 0 aliphatic heterocycles. The van der Waals surface area contributed by atoms with Gasteiger partial charge in [-0.25, -0.2) is 4.98 Å². The zero-order valence-corrected chi connectivity index (χ0v) is 12.2. The van der Waals surface area contributed by atoms with Crippen LogP contribution in [0.1, 0.15) is 16.7 Å². The maximum atomic E-state index is 11.2. The van der Waals surface area contributed by atoms with Crippen LogP contribution in [0.15, 0.2) is 28.9 Å². The topological polar surface area (TPSA) is 68.3 Å². The SMILES string of the molecule is Cc1cc2nc(-c3occc3C)n(CC(=O)O)c2cc1C. The van der Waals surface area contributed by atoms with Crippen molar-refractivity contribution in [3.63, 3.8) is 0 Å². The second-order valence-corrected chi connectivity index (χ2v) is 5.27. The third-order valence-electron chi connectivity index (χ3n) is 3.72. The minimum absolute atomic E-state index is 0.144. The molecule has 0 atom stereocenters. The number of furan rings is 1. The quantitative estimate of drug-likeness (QED) is 0.801. The fourth-order valence-corrected chi connectivity index (χ4v) is 2.45.